The number of morpholine rings is 1. The second-order valence-corrected chi connectivity index (χ2v) is 6.94. The maximum atomic E-state index is 5.54. The molecule has 2 rings (SSSR count). The number of nitrogens with zero attached hydrogens (tertiary/aromatic N) is 2. The Morgan fingerprint density at radius 1 is 1.14 bits per heavy atom. The van der Waals surface area contributed by atoms with E-state index in [-0.39, 0.29) is 0 Å². The van der Waals surface area contributed by atoms with Crippen molar-refractivity contribution < 1.29 is 14.2 Å². The van der Waals surface area contributed by atoms with Crippen molar-refractivity contribution in [2.75, 3.05) is 59.4 Å². The van der Waals surface area contributed by atoms with Gasteiger partial charge in [0.25, 0.3) is 0 Å². The number of nitrogens with one attached hydrogen (secondary N) is 2. The molecule has 1 fully saturated rings. The van der Waals surface area contributed by atoms with Crippen molar-refractivity contribution in [2.45, 2.75) is 32.7 Å². The van der Waals surface area contributed by atoms with E-state index in [2.05, 4.69) is 34.4 Å². The lowest BCUT2D eigenvalue weighted by atomic mass is 9.92. The molecule has 1 aliphatic heterocycles. The highest BCUT2D eigenvalue weighted by atomic mass is 16.5. The van der Waals surface area contributed by atoms with Gasteiger partial charge in [0.15, 0.2) is 17.5 Å². The number of aliphatic imine (C=N–C) groups is 1. The van der Waals surface area contributed by atoms with Crippen LogP contribution in [0.1, 0.15) is 26.7 Å². The molecule has 1 heterocycles. The lowest BCUT2D eigenvalue weighted by Gasteiger charge is -2.39. The molecule has 1 aromatic carbocycles. The summed E-state index contributed by atoms with van der Waals surface area (Å²) >= 11 is 0. The van der Waals surface area contributed by atoms with Crippen LogP contribution >= 0.6 is 0 Å². The molecule has 1 aromatic rings. The van der Waals surface area contributed by atoms with Crippen molar-refractivity contribution >= 4 is 11.6 Å². The molecule has 1 saturated heterocycles. The fourth-order valence-electron chi connectivity index (χ4n) is 3.77. The molecule has 0 radical (unpaired) electrons. The number of benzene rings is 1. The summed E-state index contributed by atoms with van der Waals surface area (Å²) < 4.78 is 16.2. The van der Waals surface area contributed by atoms with Gasteiger partial charge in [-0.15, -0.1) is 0 Å². The van der Waals surface area contributed by atoms with E-state index in [1.807, 2.05) is 18.2 Å². The number of hydrogen-bond donors (Lipinski definition) is 2. The molecule has 0 aliphatic carbocycles. The van der Waals surface area contributed by atoms with Gasteiger partial charge in [0.1, 0.15) is 0 Å². The van der Waals surface area contributed by atoms with E-state index in [1.54, 1.807) is 21.3 Å². The van der Waals surface area contributed by atoms with Crippen molar-refractivity contribution in [1.29, 1.82) is 0 Å². The lowest BCUT2D eigenvalue weighted by molar-refractivity contribution is 0.00277. The zero-order chi connectivity index (χ0) is 20.4. The van der Waals surface area contributed by atoms with E-state index < -0.39 is 0 Å². The van der Waals surface area contributed by atoms with Gasteiger partial charge in [-0.25, -0.2) is 0 Å². The third-order valence-corrected chi connectivity index (χ3v) is 5.46. The zero-order valence-corrected chi connectivity index (χ0v) is 18.0. The fraction of sp³-hybridized carbons (Fsp3) is 0.667. The molecule has 0 spiro atoms. The Morgan fingerprint density at radius 2 is 1.82 bits per heavy atom. The minimum atomic E-state index is 0.461. The van der Waals surface area contributed by atoms with Crippen molar-refractivity contribution in [1.82, 2.24) is 10.2 Å². The van der Waals surface area contributed by atoms with E-state index in [0.717, 1.165) is 44.5 Å². The molecular formula is C21H36N4O3. The lowest BCUT2D eigenvalue weighted by Crippen LogP contribution is -2.52. The molecule has 0 aromatic heterocycles. The van der Waals surface area contributed by atoms with E-state index in [0.29, 0.717) is 23.5 Å². The van der Waals surface area contributed by atoms with Gasteiger partial charge in [0.05, 0.1) is 27.4 Å². The highest BCUT2D eigenvalue weighted by Crippen LogP contribution is 2.29. The smallest absolute Gasteiger partial charge is 0.195 e. The molecule has 7 heteroatoms. The molecule has 1 atom stereocenters. The normalized spacial score (nSPS) is 16.7. The molecule has 158 valence electrons. The standard InChI is InChI=1S/C21H36N4O3/c1-6-16(7-2)18(25-10-12-28-13-11-25)15-23-21(22-3)24-17-8-9-19(26-4)20(14-17)27-5/h8-9,14,16,18H,6-7,10-13,15H2,1-5H3,(H2,22,23,24). The number of guanidine groups is 1. The molecular weight excluding hydrogens is 356 g/mol. The molecule has 0 amide bonds. The Bertz CT molecular complexity index is 614. The van der Waals surface area contributed by atoms with Gasteiger partial charge in [0.2, 0.25) is 0 Å². The van der Waals surface area contributed by atoms with Crippen LogP contribution in [-0.2, 0) is 4.74 Å². The first-order valence-electron chi connectivity index (χ1n) is 10.2. The first kappa shape index (κ1) is 22.3. The first-order valence-corrected chi connectivity index (χ1v) is 10.2. The third kappa shape index (κ3) is 6.01. The van der Waals surface area contributed by atoms with Gasteiger partial charge >= 0.3 is 0 Å². The molecule has 1 aliphatic rings. The first-order chi connectivity index (χ1) is 13.7. The molecule has 7 nitrogen and oxygen atoms in total. The van der Waals surface area contributed by atoms with Crippen molar-refractivity contribution in [3.63, 3.8) is 0 Å². The van der Waals surface area contributed by atoms with Crippen LogP contribution in [0.15, 0.2) is 23.2 Å². The SMILES string of the molecule is CCC(CC)C(CNC(=NC)Nc1ccc(OC)c(OC)c1)N1CCOCC1. The highest BCUT2D eigenvalue weighted by Gasteiger charge is 2.27. The maximum absolute atomic E-state index is 5.54. The summed E-state index contributed by atoms with van der Waals surface area (Å²) in [5.41, 5.74) is 0.899. The quantitative estimate of drug-likeness (QED) is 0.498. The van der Waals surface area contributed by atoms with Gasteiger partial charge in [-0.1, -0.05) is 26.7 Å². The van der Waals surface area contributed by atoms with E-state index in [9.17, 15) is 0 Å². The van der Waals surface area contributed by atoms with Crippen LogP contribution in [0, 0.1) is 5.92 Å². The van der Waals surface area contributed by atoms with Crippen molar-refractivity contribution in [3.05, 3.63) is 18.2 Å². The summed E-state index contributed by atoms with van der Waals surface area (Å²) in [6.07, 6.45) is 2.34. The molecule has 28 heavy (non-hydrogen) atoms. The Balaban J connectivity index is 2.03. The Labute approximate surface area is 169 Å². The number of hydrogen-bond acceptors (Lipinski definition) is 5. The van der Waals surface area contributed by atoms with Crippen molar-refractivity contribution in [2.24, 2.45) is 10.9 Å². The number of methoxy groups -OCH3 is 2. The second kappa shape index (κ2) is 11.8. The second-order valence-electron chi connectivity index (χ2n) is 6.94. The van der Waals surface area contributed by atoms with Crippen LogP contribution < -0.4 is 20.1 Å². The zero-order valence-electron chi connectivity index (χ0n) is 18.0. The van der Waals surface area contributed by atoms with Gasteiger partial charge < -0.3 is 24.8 Å². The minimum absolute atomic E-state index is 0.461. The Hall–Kier alpha value is -1.99. The van der Waals surface area contributed by atoms with Gasteiger partial charge in [0, 0.05) is 44.5 Å². The van der Waals surface area contributed by atoms with E-state index in [1.165, 1.54) is 12.8 Å². The van der Waals surface area contributed by atoms with E-state index >= 15 is 0 Å². The largest absolute Gasteiger partial charge is 0.493 e. The Morgan fingerprint density at radius 3 is 2.39 bits per heavy atom. The molecule has 1 unspecified atom stereocenters. The van der Waals surface area contributed by atoms with Gasteiger partial charge in [-0.2, -0.15) is 0 Å². The number of ether oxygens (including phenoxy) is 3. The summed E-state index contributed by atoms with van der Waals surface area (Å²) in [5.74, 6) is 2.78. The monoisotopic (exact) mass is 392 g/mol. The maximum Gasteiger partial charge on any atom is 0.195 e. The number of rotatable bonds is 9. The third-order valence-electron chi connectivity index (χ3n) is 5.46. The Kier molecular flexibility index (Phi) is 9.37. The predicted molar refractivity (Wildman–Crippen MR) is 115 cm³/mol. The molecule has 0 bridgehead atoms. The van der Waals surface area contributed by atoms with Crippen LogP contribution in [0.25, 0.3) is 0 Å². The van der Waals surface area contributed by atoms with Crippen LogP contribution in [0.4, 0.5) is 5.69 Å². The predicted octanol–water partition coefficient (Wildman–Crippen LogP) is 2.83. The summed E-state index contributed by atoms with van der Waals surface area (Å²) in [6.45, 7) is 9.01. The van der Waals surface area contributed by atoms with E-state index in [4.69, 9.17) is 14.2 Å². The average molecular weight is 393 g/mol. The van der Waals surface area contributed by atoms with Crippen molar-refractivity contribution in [3.8, 4) is 11.5 Å². The molecule has 2 N–H and O–H groups in total. The van der Waals surface area contributed by atoms with Crippen LogP contribution in [0.5, 0.6) is 11.5 Å². The summed E-state index contributed by atoms with van der Waals surface area (Å²) in [7, 11) is 5.06. The van der Waals surface area contributed by atoms with Gasteiger partial charge in [-0.05, 0) is 18.1 Å². The number of anilines is 1. The summed E-state index contributed by atoms with van der Waals surface area (Å²) in [5, 5.41) is 6.86. The molecule has 0 saturated carbocycles. The highest BCUT2D eigenvalue weighted by molar-refractivity contribution is 5.93. The van der Waals surface area contributed by atoms with Crippen LogP contribution in [0.3, 0.4) is 0 Å². The van der Waals surface area contributed by atoms with Crippen LogP contribution in [0.2, 0.25) is 0 Å². The summed E-state index contributed by atoms with van der Waals surface area (Å²) in [4.78, 5) is 6.94. The van der Waals surface area contributed by atoms with Gasteiger partial charge in [-0.3, -0.25) is 9.89 Å². The minimum Gasteiger partial charge on any atom is -0.493 e. The summed E-state index contributed by atoms with van der Waals surface area (Å²) in [6, 6.07) is 6.21. The topological polar surface area (TPSA) is 67.4 Å². The fourth-order valence-corrected chi connectivity index (χ4v) is 3.77. The van der Waals surface area contributed by atoms with Crippen LogP contribution in [-0.4, -0.2) is 71.0 Å². The average Bonchev–Trinajstić information content (AvgIpc) is 2.76.